The second-order valence-corrected chi connectivity index (χ2v) is 12.8. The van der Waals surface area contributed by atoms with Gasteiger partial charge in [-0.25, -0.2) is 20.3 Å². The summed E-state index contributed by atoms with van der Waals surface area (Å²) in [5.41, 5.74) is 5.41. The van der Waals surface area contributed by atoms with E-state index in [9.17, 15) is 54.4 Å². The Kier molecular flexibility index (Phi) is 29.3. The summed E-state index contributed by atoms with van der Waals surface area (Å²) in [5.74, 6) is -3.07. The van der Waals surface area contributed by atoms with E-state index in [-0.39, 0.29) is 82.4 Å². The summed E-state index contributed by atoms with van der Waals surface area (Å²) in [4.78, 5) is 83.0. The van der Waals surface area contributed by atoms with Crippen LogP contribution in [0, 0.1) is 0 Å². The number of carbonyl (C=O) groups is 7. The predicted molar refractivity (Wildman–Crippen MR) is 191 cm³/mol. The summed E-state index contributed by atoms with van der Waals surface area (Å²) in [6.45, 7) is 3.51. The maximum Gasteiger partial charge on any atom is 0.246 e. The molecular formula is C34H64N8O11. The number of hydroxylamine groups is 8. The summed E-state index contributed by atoms with van der Waals surface area (Å²) in [5, 5.41) is 49.4. The molecule has 0 bridgehead atoms. The van der Waals surface area contributed by atoms with E-state index in [1.165, 1.54) is 6.92 Å². The molecule has 0 saturated carbocycles. The zero-order valence-electron chi connectivity index (χ0n) is 31.4. The number of hydrogen-bond acceptors (Lipinski definition) is 12. The highest BCUT2D eigenvalue weighted by Gasteiger charge is 2.15. The second-order valence-electron chi connectivity index (χ2n) is 12.8. The highest BCUT2D eigenvalue weighted by Crippen LogP contribution is 2.05. The molecule has 0 rings (SSSR count). The van der Waals surface area contributed by atoms with E-state index in [1.807, 2.05) is 0 Å². The second kappa shape index (κ2) is 31.6. The molecule has 0 atom stereocenters. The van der Waals surface area contributed by atoms with Gasteiger partial charge in [0.05, 0.1) is 0 Å². The van der Waals surface area contributed by atoms with E-state index in [2.05, 4.69) is 16.0 Å². The summed E-state index contributed by atoms with van der Waals surface area (Å²) in [6.07, 6.45) is 6.97. The van der Waals surface area contributed by atoms with Crippen LogP contribution in [0.2, 0.25) is 0 Å². The minimum absolute atomic E-state index is 0.0393. The average molecular weight is 761 g/mol. The maximum atomic E-state index is 12.1. The molecule has 0 aliphatic heterocycles. The van der Waals surface area contributed by atoms with Gasteiger partial charge < -0.3 is 21.7 Å². The largest absolute Gasteiger partial charge is 0.356 e. The molecule has 53 heavy (non-hydrogen) atoms. The lowest BCUT2D eigenvalue weighted by atomic mass is 10.2. The van der Waals surface area contributed by atoms with Crippen LogP contribution in [0.1, 0.15) is 122 Å². The smallest absolute Gasteiger partial charge is 0.246 e. The first-order valence-electron chi connectivity index (χ1n) is 18.7. The van der Waals surface area contributed by atoms with Gasteiger partial charge in [-0.3, -0.25) is 54.4 Å². The van der Waals surface area contributed by atoms with Crippen LogP contribution in [0.4, 0.5) is 0 Å². The summed E-state index contributed by atoms with van der Waals surface area (Å²) < 4.78 is 0. The van der Waals surface area contributed by atoms with Crippen molar-refractivity contribution in [2.45, 2.75) is 122 Å². The van der Waals surface area contributed by atoms with Gasteiger partial charge in [-0.2, -0.15) is 0 Å². The van der Waals surface area contributed by atoms with Crippen molar-refractivity contribution in [1.82, 2.24) is 36.2 Å². The maximum absolute atomic E-state index is 12.1. The number of unbranched alkanes of at least 4 members (excludes halogenated alkanes) is 8. The molecule has 306 valence electrons. The van der Waals surface area contributed by atoms with Gasteiger partial charge in [-0.1, -0.05) is 6.42 Å². The molecule has 0 saturated heterocycles. The van der Waals surface area contributed by atoms with Gasteiger partial charge in [0.2, 0.25) is 41.4 Å². The normalized spacial score (nSPS) is 10.7. The van der Waals surface area contributed by atoms with E-state index in [0.717, 1.165) is 12.8 Å². The van der Waals surface area contributed by atoms with Gasteiger partial charge in [0.1, 0.15) is 0 Å². The zero-order valence-corrected chi connectivity index (χ0v) is 31.4. The van der Waals surface area contributed by atoms with Crippen LogP contribution >= 0.6 is 0 Å². The van der Waals surface area contributed by atoms with Crippen molar-refractivity contribution in [2.24, 2.45) is 5.73 Å². The number of nitrogens with zero attached hydrogens (tertiary/aromatic N) is 4. The quantitative estimate of drug-likeness (QED) is 0.0273. The molecule has 0 aromatic heterocycles. The van der Waals surface area contributed by atoms with Crippen LogP contribution in [0.5, 0.6) is 0 Å². The van der Waals surface area contributed by atoms with E-state index < -0.39 is 23.6 Å². The summed E-state index contributed by atoms with van der Waals surface area (Å²) in [7, 11) is 0. The van der Waals surface area contributed by atoms with Crippen molar-refractivity contribution >= 4 is 41.4 Å². The Morgan fingerprint density at radius 3 is 0.981 bits per heavy atom. The van der Waals surface area contributed by atoms with E-state index in [1.54, 1.807) is 0 Å². The molecule has 0 aliphatic rings. The van der Waals surface area contributed by atoms with Gasteiger partial charge in [0.15, 0.2) is 0 Å². The number of hydrogen-bond donors (Lipinski definition) is 8. The van der Waals surface area contributed by atoms with Crippen molar-refractivity contribution in [3.05, 3.63) is 0 Å². The van der Waals surface area contributed by atoms with Gasteiger partial charge in [0, 0.05) is 91.3 Å². The van der Waals surface area contributed by atoms with Crippen LogP contribution in [-0.2, 0) is 33.6 Å². The molecule has 7 amide bonds. The molecule has 19 heteroatoms. The molecule has 0 aromatic carbocycles. The lowest BCUT2D eigenvalue weighted by Gasteiger charge is -2.15. The van der Waals surface area contributed by atoms with Crippen LogP contribution < -0.4 is 21.7 Å². The Labute approximate surface area is 312 Å². The number of rotatable bonds is 32. The van der Waals surface area contributed by atoms with Crippen LogP contribution in [-0.4, -0.2) is 135 Å². The molecule has 0 unspecified atom stereocenters. The lowest BCUT2D eigenvalue weighted by molar-refractivity contribution is -0.166. The van der Waals surface area contributed by atoms with Gasteiger partial charge in [-0.15, -0.1) is 0 Å². The number of carbonyl (C=O) groups excluding carboxylic acids is 7. The third kappa shape index (κ3) is 28.3. The van der Waals surface area contributed by atoms with Gasteiger partial charge in [0.25, 0.3) is 0 Å². The van der Waals surface area contributed by atoms with Gasteiger partial charge >= 0.3 is 0 Å². The predicted octanol–water partition coefficient (Wildman–Crippen LogP) is 1.21. The summed E-state index contributed by atoms with van der Waals surface area (Å²) >= 11 is 0. The SMILES string of the molecule is CC(=O)N(O)CCCCCNC(=O)CCC(=O)N(O)CCCCCNC(=O)CCC(=O)N(O)CCCCCNC(=O)CCC(=O)N(O)CCCCCN. The monoisotopic (exact) mass is 760 g/mol. The Morgan fingerprint density at radius 1 is 0.415 bits per heavy atom. The van der Waals surface area contributed by atoms with Gasteiger partial charge in [-0.05, 0) is 77.2 Å². The van der Waals surface area contributed by atoms with Crippen molar-refractivity contribution in [2.75, 3.05) is 52.4 Å². The Balaban J connectivity index is 3.81. The third-order valence-electron chi connectivity index (χ3n) is 8.11. The molecule has 0 aromatic rings. The molecule has 19 nitrogen and oxygen atoms in total. The van der Waals surface area contributed by atoms with Crippen LogP contribution in [0.3, 0.4) is 0 Å². The highest BCUT2D eigenvalue weighted by molar-refractivity contribution is 5.84. The standard InChI is InChI=1S/C34H64N8O11/c1-28(43)39(50)24-11-3-7-21-36-29(44)15-18-33(48)41(52)26-13-5-9-23-38-31(46)16-19-34(49)42(53)27-12-4-8-22-37-30(45)14-17-32(47)40(51)25-10-2-6-20-35/h50-53H,2-27,35H2,1H3,(H,36,44)(H,37,45)(H,38,46). The topological polar surface area (TPSA) is 275 Å². The number of nitrogens with one attached hydrogen (secondary N) is 3. The number of amides is 7. The van der Waals surface area contributed by atoms with E-state index in [0.29, 0.717) is 111 Å². The van der Waals surface area contributed by atoms with Crippen molar-refractivity contribution in [1.29, 1.82) is 0 Å². The lowest BCUT2D eigenvalue weighted by Crippen LogP contribution is -2.31. The molecule has 0 spiro atoms. The molecule has 9 N–H and O–H groups in total. The van der Waals surface area contributed by atoms with Crippen LogP contribution in [0.15, 0.2) is 0 Å². The minimum Gasteiger partial charge on any atom is -0.356 e. The van der Waals surface area contributed by atoms with Crippen molar-refractivity contribution in [3.8, 4) is 0 Å². The number of nitrogens with two attached hydrogens (primary N) is 1. The Bertz CT molecular complexity index is 1100. The molecule has 0 heterocycles. The zero-order chi connectivity index (χ0) is 39.9. The minimum atomic E-state index is -0.585. The fourth-order valence-electron chi connectivity index (χ4n) is 4.80. The Hall–Kier alpha value is -3.91. The fraction of sp³-hybridized carbons (Fsp3) is 0.794. The average Bonchev–Trinajstić information content (AvgIpc) is 3.13. The first-order chi connectivity index (χ1) is 25.3. The molecule has 0 aliphatic carbocycles. The first kappa shape index (κ1) is 49.1. The van der Waals surface area contributed by atoms with E-state index >= 15 is 0 Å². The highest BCUT2D eigenvalue weighted by atomic mass is 16.5. The van der Waals surface area contributed by atoms with E-state index in [4.69, 9.17) is 5.73 Å². The Morgan fingerprint density at radius 2 is 0.698 bits per heavy atom. The summed E-state index contributed by atoms with van der Waals surface area (Å²) in [6, 6.07) is 0. The van der Waals surface area contributed by atoms with Crippen molar-refractivity contribution < 1.29 is 54.4 Å². The van der Waals surface area contributed by atoms with Crippen molar-refractivity contribution in [3.63, 3.8) is 0 Å². The molecule has 0 radical (unpaired) electrons. The third-order valence-corrected chi connectivity index (χ3v) is 8.11. The first-order valence-corrected chi connectivity index (χ1v) is 18.7. The van der Waals surface area contributed by atoms with Crippen LogP contribution in [0.25, 0.3) is 0 Å². The molecule has 0 fully saturated rings. The molecular weight excluding hydrogens is 696 g/mol. The fourth-order valence-corrected chi connectivity index (χ4v) is 4.80.